The lowest BCUT2D eigenvalue weighted by atomic mass is 10.3. The van der Waals surface area contributed by atoms with Crippen LogP contribution in [0.4, 0.5) is 0 Å². The number of allylic oxidation sites excluding steroid dienone is 1. The first kappa shape index (κ1) is 9.88. The Bertz CT molecular complexity index is 183. The normalized spacial score (nSPS) is 12.1. The van der Waals surface area contributed by atoms with Gasteiger partial charge in [-0.1, -0.05) is 6.08 Å². The zero-order valence-corrected chi connectivity index (χ0v) is 7.22. The molecule has 0 aromatic carbocycles. The molecule has 0 aromatic heterocycles. The first-order valence-corrected chi connectivity index (χ1v) is 3.59. The molecule has 1 amide bonds. The molecule has 0 bridgehead atoms. The lowest BCUT2D eigenvalue weighted by Crippen LogP contribution is -2.17. The van der Waals surface area contributed by atoms with Crippen molar-refractivity contribution in [1.29, 1.82) is 0 Å². The fraction of sp³-hybridized carbons (Fsp3) is 0.500. The number of nitrogens with zero attached hydrogens (tertiary/aromatic N) is 1. The summed E-state index contributed by atoms with van der Waals surface area (Å²) in [6.45, 7) is 3.69. The van der Waals surface area contributed by atoms with Crippen molar-refractivity contribution >= 4 is 12.1 Å². The summed E-state index contributed by atoms with van der Waals surface area (Å²) in [4.78, 5) is 14.8. The number of aliphatic imine (C=N–C) groups is 1. The molecule has 0 heterocycles. The van der Waals surface area contributed by atoms with Crippen molar-refractivity contribution in [3.05, 3.63) is 11.8 Å². The summed E-state index contributed by atoms with van der Waals surface area (Å²) in [5, 5.41) is 2.53. The number of amides is 1. The van der Waals surface area contributed by atoms with Gasteiger partial charge in [-0.3, -0.25) is 9.79 Å². The average Bonchev–Trinajstić information content (AvgIpc) is 2.03. The highest BCUT2D eigenvalue weighted by Gasteiger charge is 1.99. The van der Waals surface area contributed by atoms with Crippen molar-refractivity contribution in [2.45, 2.75) is 20.3 Å². The fourth-order valence-corrected chi connectivity index (χ4v) is 0.641. The number of carbonyl (C=O) groups is 1. The van der Waals surface area contributed by atoms with E-state index in [1.54, 1.807) is 13.3 Å². The third kappa shape index (κ3) is 4.31. The van der Waals surface area contributed by atoms with Gasteiger partial charge in [-0.25, -0.2) is 0 Å². The predicted molar refractivity (Wildman–Crippen MR) is 46.6 cm³/mol. The van der Waals surface area contributed by atoms with E-state index in [2.05, 4.69) is 10.3 Å². The molecule has 3 heteroatoms. The maximum atomic E-state index is 10.8. The van der Waals surface area contributed by atoms with Gasteiger partial charge in [0.15, 0.2) is 0 Å². The van der Waals surface area contributed by atoms with Crippen LogP contribution in [0.5, 0.6) is 0 Å². The van der Waals surface area contributed by atoms with Crippen molar-refractivity contribution in [3.8, 4) is 0 Å². The molecule has 0 rings (SSSR count). The van der Waals surface area contributed by atoms with E-state index in [1.807, 2.05) is 19.9 Å². The van der Waals surface area contributed by atoms with E-state index in [0.717, 1.165) is 5.70 Å². The van der Waals surface area contributed by atoms with Gasteiger partial charge in [0, 0.05) is 19.0 Å². The lowest BCUT2D eigenvalue weighted by molar-refractivity contribution is -0.119. The zero-order valence-electron chi connectivity index (χ0n) is 7.22. The van der Waals surface area contributed by atoms with Gasteiger partial charge in [0.25, 0.3) is 0 Å². The maximum Gasteiger partial charge on any atom is 0.225 e. The van der Waals surface area contributed by atoms with Crippen molar-refractivity contribution in [1.82, 2.24) is 5.32 Å². The molecule has 0 aliphatic rings. The number of hydrogen-bond acceptors (Lipinski definition) is 2. The smallest absolute Gasteiger partial charge is 0.225 e. The summed E-state index contributed by atoms with van der Waals surface area (Å²) in [5.74, 6) is -0.0105. The standard InChI is InChI=1S/C8H14N2O/c1-4-7(10-5-2)6-8(11)9-3/h4-5H,6H2,1-3H3,(H,9,11)/b7-4-,10-5?. The Morgan fingerprint density at radius 1 is 1.55 bits per heavy atom. The van der Waals surface area contributed by atoms with Gasteiger partial charge in [-0.15, -0.1) is 0 Å². The number of nitrogens with one attached hydrogen (secondary N) is 1. The van der Waals surface area contributed by atoms with Gasteiger partial charge in [0.1, 0.15) is 0 Å². The molecule has 0 spiro atoms. The van der Waals surface area contributed by atoms with Gasteiger partial charge in [0.2, 0.25) is 5.91 Å². The summed E-state index contributed by atoms with van der Waals surface area (Å²) in [6.07, 6.45) is 3.87. The second kappa shape index (κ2) is 5.65. The predicted octanol–water partition coefficient (Wildman–Crippen LogP) is 1.12. The molecule has 1 N–H and O–H groups in total. The van der Waals surface area contributed by atoms with Crippen molar-refractivity contribution < 1.29 is 4.79 Å². The molecular weight excluding hydrogens is 140 g/mol. The second-order valence-electron chi connectivity index (χ2n) is 2.02. The van der Waals surface area contributed by atoms with Gasteiger partial charge in [0.05, 0.1) is 6.42 Å². The molecule has 0 fully saturated rings. The Morgan fingerprint density at radius 3 is 2.55 bits per heavy atom. The molecule has 0 aliphatic carbocycles. The second-order valence-corrected chi connectivity index (χ2v) is 2.02. The monoisotopic (exact) mass is 154 g/mol. The molecule has 0 aliphatic heterocycles. The molecule has 3 nitrogen and oxygen atoms in total. The van der Waals surface area contributed by atoms with Crippen LogP contribution >= 0.6 is 0 Å². The summed E-state index contributed by atoms with van der Waals surface area (Å²) in [7, 11) is 1.62. The van der Waals surface area contributed by atoms with Crippen LogP contribution in [0.3, 0.4) is 0 Å². The van der Waals surface area contributed by atoms with Crippen molar-refractivity contribution in [3.63, 3.8) is 0 Å². The van der Waals surface area contributed by atoms with Crippen LogP contribution in [-0.2, 0) is 4.79 Å². The van der Waals surface area contributed by atoms with E-state index in [0.29, 0.717) is 6.42 Å². The number of carbonyl (C=O) groups excluding carboxylic acids is 1. The first-order chi connectivity index (χ1) is 5.24. The van der Waals surface area contributed by atoms with Gasteiger partial charge in [-0.05, 0) is 13.8 Å². The summed E-state index contributed by atoms with van der Waals surface area (Å²) < 4.78 is 0. The quantitative estimate of drug-likeness (QED) is 0.608. The van der Waals surface area contributed by atoms with Gasteiger partial charge >= 0.3 is 0 Å². The van der Waals surface area contributed by atoms with Gasteiger partial charge in [-0.2, -0.15) is 0 Å². The molecule has 0 saturated heterocycles. The Balaban J connectivity index is 4.00. The van der Waals surface area contributed by atoms with E-state index in [-0.39, 0.29) is 5.91 Å². The Morgan fingerprint density at radius 2 is 2.18 bits per heavy atom. The molecule has 62 valence electrons. The van der Waals surface area contributed by atoms with Crippen LogP contribution < -0.4 is 5.32 Å². The van der Waals surface area contributed by atoms with Crippen LogP contribution in [0, 0.1) is 0 Å². The maximum absolute atomic E-state index is 10.8. The van der Waals surface area contributed by atoms with E-state index in [4.69, 9.17) is 0 Å². The van der Waals surface area contributed by atoms with Crippen LogP contribution in [0.2, 0.25) is 0 Å². The SMILES string of the molecule is CC=N/C(=C\C)CC(=O)NC. The molecule has 0 radical (unpaired) electrons. The van der Waals surface area contributed by atoms with Gasteiger partial charge < -0.3 is 5.32 Å². The van der Waals surface area contributed by atoms with Crippen molar-refractivity contribution in [2.75, 3.05) is 7.05 Å². The topological polar surface area (TPSA) is 41.5 Å². The minimum absolute atomic E-state index is 0.0105. The number of rotatable bonds is 3. The molecule has 0 saturated carbocycles. The zero-order chi connectivity index (χ0) is 8.69. The largest absolute Gasteiger partial charge is 0.359 e. The molecule has 0 aromatic rings. The Labute approximate surface area is 67.2 Å². The van der Waals surface area contributed by atoms with Crippen LogP contribution in [0.15, 0.2) is 16.8 Å². The minimum atomic E-state index is -0.0105. The molecular formula is C8H14N2O. The van der Waals surface area contributed by atoms with E-state index >= 15 is 0 Å². The van der Waals surface area contributed by atoms with Crippen LogP contribution in [-0.4, -0.2) is 19.2 Å². The van der Waals surface area contributed by atoms with Crippen LogP contribution in [0.25, 0.3) is 0 Å². The highest BCUT2D eigenvalue weighted by molar-refractivity contribution is 5.78. The molecule has 0 atom stereocenters. The van der Waals surface area contributed by atoms with E-state index in [9.17, 15) is 4.79 Å². The highest BCUT2D eigenvalue weighted by atomic mass is 16.1. The van der Waals surface area contributed by atoms with Crippen molar-refractivity contribution in [2.24, 2.45) is 4.99 Å². The number of hydrogen-bond donors (Lipinski definition) is 1. The summed E-state index contributed by atoms with van der Waals surface area (Å²) >= 11 is 0. The highest BCUT2D eigenvalue weighted by Crippen LogP contribution is 2.01. The summed E-state index contributed by atoms with van der Waals surface area (Å²) in [6, 6.07) is 0. The third-order valence-corrected chi connectivity index (χ3v) is 1.25. The Hall–Kier alpha value is -1.12. The Kier molecular flexibility index (Phi) is 5.07. The lowest BCUT2D eigenvalue weighted by Gasteiger charge is -1.98. The minimum Gasteiger partial charge on any atom is -0.359 e. The average molecular weight is 154 g/mol. The van der Waals surface area contributed by atoms with E-state index in [1.165, 1.54) is 0 Å². The first-order valence-electron chi connectivity index (χ1n) is 3.59. The third-order valence-electron chi connectivity index (χ3n) is 1.25. The molecule has 11 heavy (non-hydrogen) atoms. The van der Waals surface area contributed by atoms with E-state index < -0.39 is 0 Å². The summed E-state index contributed by atoms with van der Waals surface area (Å²) in [5.41, 5.74) is 0.798. The van der Waals surface area contributed by atoms with Crippen LogP contribution in [0.1, 0.15) is 20.3 Å². The molecule has 0 unspecified atom stereocenters. The fourth-order valence-electron chi connectivity index (χ4n) is 0.641.